The van der Waals surface area contributed by atoms with E-state index in [0.717, 1.165) is 29.9 Å². The molecule has 3 heterocycles. The predicted molar refractivity (Wildman–Crippen MR) is 103 cm³/mol. The number of nitrogens with zero attached hydrogens (tertiary/aromatic N) is 3. The zero-order chi connectivity index (χ0) is 19.0. The molecule has 2 saturated heterocycles. The molecule has 2 fully saturated rings. The van der Waals surface area contributed by atoms with Crippen molar-refractivity contribution in [2.24, 2.45) is 0 Å². The number of rotatable bonds is 5. The number of cyclic esters (lactones) is 1. The highest BCUT2D eigenvalue weighted by Gasteiger charge is 2.30. The van der Waals surface area contributed by atoms with E-state index in [9.17, 15) is 13.2 Å². The summed E-state index contributed by atoms with van der Waals surface area (Å²) < 4.78 is 34.5. The molecule has 1 unspecified atom stereocenters. The third-order valence-corrected chi connectivity index (χ3v) is 8.22. The zero-order valence-corrected chi connectivity index (χ0v) is 16.9. The van der Waals surface area contributed by atoms with Gasteiger partial charge in [-0.15, -0.1) is 0 Å². The lowest BCUT2D eigenvalue weighted by molar-refractivity contribution is -0.137. The molecule has 1 aromatic heterocycles. The molecule has 4 rings (SSSR count). The number of aryl methyl sites for hydroxylation is 1. The number of piperidine rings is 1. The Morgan fingerprint density at radius 1 is 1.26 bits per heavy atom. The van der Waals surface area contributed by atoms with Gasteiger partial charge in [0, 0.05) is 26.1 Å². The van der Waals surface area contributed by atoms with Crippen molar-refractivity contribution in [2.45, 2.75) is 54.5 Å². The van der Waals surface area contributed by atoms with Gasteiger partial charge in [0.1, 0.15) is 5.25 Å². The van der Waals surface area contributed by atoms with Crippen molar-refractivity contribution >= 4 is 38.8 Å². The third-order valence-electron chi connectivity index (χ3n) is 5.09. The number of aromatic nitrogens is 2. The highest BCUT2D eigenvalue weighted by Crippen LogP contribution is 2.32. The average Bonchev–Trinajstić information content (AvgIpc) is 3.24. The summed E-state index contributed by atoms with van der Waals surface area (Å²) in [6.07, 6.45) is 3.57. The van der Waals surface area contributed by atoms with Gasteiger partial charge in [-0.3, -0.25) is 4.79 Å². The van der Waals surface area contributed by atoms with E-state index < -0.39 is 10.0 Å². The Kier molecular flexibility index (Phi) is 5.17. The van der Waals surface area contributed by atoms with Crippen molar-refractivity contribution in [1.82, 2.24) is 13.9 Å². The fourth-order valence-corrected chi connectivity index (χ4v) is 6.29. The standard InChI is InChI=1S/C18H23N3O4S2/c1-2-21-15-7-6-13(27(23,24)20-9-4-3-5-10-20)12-14(15)19-18(21)26-16-8-11-25-17(16)22/h6-7,12,16H,2-5,8-11H2,1H3. The van der Waals surface area contributed by atoms with Crippen molar-refractivity contribution in [3.63, 3.8) is 0 Å². The van der Waals surface area contributed by atoms with Crippen LogP contribution in [0, 0.1) is 0 Å². The summed E-state index contributed by atoms with van der Waals surface area (Å²) in [5.41, 5.74) is 1.52. The molecule has 0 amide bonds. The second kappa shape index (κ2) is 7.44. The van der Waals surface area contributed by atoms with E-state index in [1.54, 1.807) is 16.4 Å². The first-order valence-electron chi connectivity index (χ1n) is 9.34. The maximum absolute atomic E-state index is 12.9. The zero-order valence-electron chi connectivity index (χ0n) is 15.3. The number of thioether (sulfide) groups is 1. The number of benzene rings is 1. The molecule has 2 aliphatic heterocycles. The molecule has 0 aliphatic carbocycles. The second-order valence-corrected chi connectivity index (χ2v) is 9.92. The summed E-state index contributed by atoms with van der Waals surface area (Å²) in [7, 11) is -3.49. The molecule has 1 atom stereocenters. The number of fused-ring (bicyclic) bond motifs is 1. The molecule has 27 heavy (non-hydrogen) atoms. The fourth-order valence-electron chi connectivity index (χ4n) is 3.61. The molecular formula is C18H23N3O4S2. The monoisotopic (exact) mass is 409 g/mol. The van der Waals surface area contributed by atoms with Crippen molar-refractivity contribution in [3.8, 4) is 0 Å². The number of sulfonamides is 1. The van der Waals surface area contributed by atoms with Crippen LogP contribution in [-0.4, -0.2) is 53.2 Å². The van der Waals surface area contributed by atoms with E-state index in [0.29, 0.717) is 38.2 Å². The lowest BCUT2D eigenvalue weighted by Crippen LogP contribution is -2.35. The van der Waals surface area contributed by atoms with Crippen LogP contribution in [0.3, 0.4) is 0 Å². The minimum Gasteiger partial charge on any atom is -0.465 e. The van der Waals surface area contributed by atoms with Crippen LogP contribution in [0.2, 0.25) is 0 Å². The van der Waals surface area contributed by atoms with Crippen LogP contribution in [0.5, 0.6) is 0 Å². The smallest absolute Gasteiger partial charge is 0.319 e. The molecule has 7 nitrogen and oxygen atoms in total. The number of imidazole rings is 1. The minimum absolute atomic E-state index is 0.205. The number of carbonyl (C=O) groups is 1. The van der Waals surface area contributed by atoms with Crippen LogP contribution in [0.15, 0.2) is 28.3 Å². The molecule has 0 spiro atoms. The van der Waals surface area contributed by atoms with Crippen LogP contribution in [0.25, 0.3) is 11.0 Å². The van der Waals surface area contributed by atoms with Gasteiger partial charge < -0.3 is 9.30 Å². The average molecular weight is 410 g/mol. The van der Waals surface area contributed by atoms with E-state index in [1.807, 2.05) is 17.6 Å². The first-order chi connectivity index (χ1) is 13.0. The van der Waals surface area contributed by atoms with E-state index >= 15 is 0 Å². The van der Waals surface area contributed by atoms with Crippen LogP contribution in [0.1, 0.15) is 32.6 Å². The van der Waals surface area contributed by atoms with Crippen LogP contribution >= 0.6 is 11.8 Å². The van der Waals surface area contributed by atoms with Gasteiger partial charge in [0.25, 0.3) is 0 Å². The van der Waals surface area contributed by atoms with E-state index in [1.165, 1.54) is 11.8 Å². The number of hydrogen-bond donors (Lipinski definition) is 0. The van der Waals surface area contributed by atoms with Gasteiger partial charge in [-0.05, 0) is 38.0 Å². The Morgan fingerprint density at radius 2 is 2.04 bits per heavy atom. The number of ether oxygens (including phenoxy) is 1. The Balaban J connectivity index is 1.69. The molecule has 9 heteroatoms. The normalized spacial score (nSPS) is 21.7. The Morgan fingerprint density at radius 3 is 2.70 bits per heavy atom. The van der Waals surface area contributed by atoms with Gasteiger partial charge in [-0.2, -0.15) is 4.31 Å². The summed E-state index contributed by atoms with van der Waals surface area (Å²) in [6.45, 7) is 4.31. The van der Waals surface area contributed by atoms with E-state index in [2.05, 4.69) is 4.98 Å². The summed E-state index contributed by atoms with van der Waals surface area (Å²) in [5.74, 6) is -0.205. The first kappa shape index (κ1) is 18.8. The van der Waals surface area contributed by atoms with Crippen LogP contribution < -0.4 is 0 Å². The van der Waals surface area contributed by atoms with Gasteiger partial charge in [0.15, 0.2) is 5.16 Å². The molecule has 0 N–H and O–H groups in total. The molecule has 146 valence electrons. The first-order valence-corrected chi connectivity index (χ1v) is 11.7. The van der Waals surface area contributed by atoms with Crippen LogP contribution in [-0.2, 0) is 26.1 Å². The minimum atomic E-state index is -3.49. The van der Waals surface area contributed by atoms with Gasteiger partial charge in [-0.1, -0.05) is 18.2 Å². The molecule has 1 aromatic carbocycles. The lowest BCUT2D eigenvalue weighted by Gasteiger charge is -2.25. The van der Waals surface area contributed by atoms with E-state index in [-0.39, 0.29) is 16.1 Å². The molecule has 2 aliphatic rings. The summed E-state index contributed by atoms with van der Waals surface area (Å²) in [5, 5.41) is 0.479. The molecular weight excluding hydrogens is 386 g/mol. The highest BCUT2D eigenvalue weighted by molar-refractivity contribution is 8.00. The summed E-state index contributed by atoms with van der Waals surface area (Å²) in [4.78, 5) is 16.7. The molecule has 2 aromatic rings. The Bertz CT molecular complexity index is 964. The Labute approximate surface area is 163 Å². The molecule has 0 saturated carbocycles. The van der Waals surface area contributed by atoms with E-state index in [4.69, 9.17) is 4.74 Å². The third kappa shape index (κ3) is 3.48. The number of carbonyl (C=O) groups excluding carboxylic acids is 1. The fraction of sp³-hybridized carbons (Fsp3) is 0.556. The Hall–Kier alpha value is -1.58. The maximum atomic E-state index is 12.9. The summed E-state index contributed by atoms with van der Waals surface area (Å²) >= 11 is 1.40. The van der Waals surface area contributed by atoms with Gasteiger partial charge >= 0.3 is 5.97 Å². The maximum Gasteiger partial charge on any atom is 0.319 e. The van der Waals surface area contributed by atoms with Crippen molar-refractivity contribution in [3.05, 3.63) is 18.2 Å². The van der Waals surface area contributed by atoms with Gasteiger partial charge in [0.2, 0.25) is 10.0 Å². The largest absolute Gasteiger partial charge is 0.465 e. The topological polar surface area (TPSA) is 81.5 Å². The quantitative estimate of drug-likeness (QED) is 0.706. The van der Waals surface area contributed by atoms with Crippen molar-refractivity contribution < 1.29 is 17.9 Å². The number of esters is 1. The van der Waals surface area contributed by atoms with Gasteiger partial charge in [-0.25, -0.2) is 13.4 Å². The lowest BCUT2D eigenvalue weighted by atomic mass is 10.2. The number of hydrogen-bond acceptors (Lipinski definition) is 6. The summed E-state index contributed by atoms with van der Waals surface area (Å²) in [6, 6.07) is 5.14. The van der Waals surface area contributed by atoms with Crippen molar-refractivity contribution in [1.29, 1.82) is 0 Å². The molecule has 0 bridgehead atoms. The highest BCUT2D eigenvalue weighted by atomic mass is 32.2. The predicted octanol–water partition coefficient (Wildman–Crippen LogP) is 2.64. The second-order valence-electron chi connectivity index (χ2n) is 6.82. The molecule has 0 radical (unpaired) electrons. The van der Waals surface area contributed by atoms with Crippen molar-refractivity contribution in [2.75, 3.05) is 19.7 Å². The van der Waals surface area contributed by atoms with Crippen LogP contribution in [0.4, 0.5) is 0 Å². The SMILES string of the molecule is CCn1c(SC2CCOC2=O)nc2cc(S(=O)(=O)N3CCCCC3)ccc21. The van der Waals surface area contributed by atoms with Gasteiger partial charge in [0.05, 0.1) is 22.5 Å².